The molecule has 0 radical (unpaired) electrons. The van der Waals surface area contributed by atoms with Crippen LogP contribution in [0.3, 0.4) is 0 Å². The number of nitrogens with zero attached hydrogens (tertiary/aromatic N) is 1. The van der Waals surface area contributed by atoms with Gasteiger partial charge >= 0.3 is 12.1 Å². The van der Waals surface area contributed by atoms with Crippen LogP contribution in [0.5, 0.6) is 5.75 Å². The first-order valence-electron chi connectivity index (χ1n) is 19.0. The molecule has 2 aliphatic rings. The number of carbonyl (C=O) groups is 5. The number of esters is 1. The van der Waals surface area contributed by atoms with Crippen LogP contribution in [0.15, 0.2) is 84.9 Å². The van der Waals surface area contributed by atoms with Crippen LogP contribution in [-0.4, -0.2) is 66.4 Å². The summed E-state index contributed by atoms with van der Waals surface area (Å²) in [7, 11) is 2.82. The zero-order valence-corrected chi connectivity index (χ0v) is 32.6. The molecular weight excluding hydrogens is 698 g/mol. The minimum Gasteiger partial charge on any atom is -0.489 e. The number of rotatable bonds is 13. The Morgan fingerprint density at radius 1 is 0.873 bits per heavy atom. The first-order chi connectivity index (χ1) is 26.2. The normalized spacial score (nSPS) is 18.8. The number of nitrogens with one attached hydrogen (secondary N) is 2. The second-order valence-corrected chi connectivity index (χ2v) is 15.4. The SMILES string of the molecule is COC(=O)c1ccc(COc2ccc(CC(NC(=O)[C@H](C)N(C)C(=O)OC(C)(C)C)C(=O)C3CC=CC[C@H]3C(=O)NC3CCCc4ccccc43)cc2)cc1. The highest BCUT2D eigenvalue weighted by atomic mass is 16.6. The van der Waals surface area contributed by atoms with Gasteiger partial charge in [-0.15, -0.1) is 0 Å². The summed E-state index contributed by atoms with van der Waals surface area (Å²) < 4.78 is 16.2. The smallest absolute Gasteiger partial charge is 0.410 e. The van der Waals surface area contributed by atoms with Crippen molar-refractivity contribution < 1.29 is 38.2 Å². The van der Waals surface area contributed by atoms with Crippen LogP contribution in [0.1, 0.15) is 92.0 Å². The van der Waals surface area contributed by atoms with Gasteiger partial charge in [-0.3, -0.25) is 19.3 Å². The largest absolute Gasteiger partial charge is 0.489 e. The monoisotopic (exact) mass is 751 g/mol. The van der Waals surface area contributed by atoms with E-state index in [1.165, 1.54) is 24.6 Å². The van der Waals surface area contributed by atoms with E-state index >= 15 is 0 Å². The highest BCUT2D eigenvalue weighted by Gasteiger charge is 2.39. The summed E-state index contributed by atoms with van der Waals surface area (Å²) in [5.41, 5.74) is 3.68. The highest BCUT2D eigenvalue weighted by molar-refractivity contribution is 5.96. The third kappa shape index (κ3) is 10.8. The Morgan fingerprint density at radius 2 is 1.53 bits per heavy atom. The lowest BCUT2D eigenvalue weighted by Gasteiger charge is -2.33. The van der Waals surface area contributed by atoms with Gasteiger partial charge < -0.3 is 24.8 Å². The number of fused-ring (bicyclic) bond motifs is 1. The van der Waals surface area contributed by atoms with Gasteiger partial charge in [-0.05, 0) is 113 Å². The van der Waals surface area contributed by atoms with E-state index in [-0.39, 0.29) is 30.8 Å². The fourth-order valence-electron chi connectivity index (χ4n) is 7.02. The van der Waals surface area contributed by atoms with Crippen molar-refractivity contribution in [2.75, 3.05) is 14.2 Å². The molecular formula is C44H53N3O8. The molecule has 0 saturated carbocycles. The van der Waals surface area contributed by atoms with Crippen molar-refractivity contribution in [3.05, 3.63) is 113 Å². The summed E-state index contributed by atoms with van der Waals surface area (Å²) in [6, 6.07) is 20.3. The summed E-state index contributed by atoms with van der Waals surface area (Å²) in [5, 5.41) is 6.19. The molecule has 11 heteroatoms. The van der Waals surface area contributed by atoms with E-state index in [2.05, 4.69) is 22.8 Å². The summed E-state index contributed by atoms with van der Waals surface area (Å²) in [6.07, 6.45) is 6.91. The molecule has 3 amide bonds. The van der Waals surface area contributed by atoms with Gasteiger partial charge in [0.15, 0.2) is 5.78 Å². The summed E-state index contributed by atoms with van der Waals surface area (Å²) in [6.45, 7) is 7.09. The first kappa shape index (κ1) is 40.7. The second kappa shape index (κ2) is 18.3. The maximum Gasteiger partial charge on any atom is 0.410 e. The summed E-state index contributed by atoms with van der Waals surface area (Å²) in [5.74, 6) is -2.02. The van der Waals surface area contributed by atoms with E-state index in [1.807, 2.05) is 36.4 Å². The van der Waals surface area contributed by atoms with E-state index < -0.39 is 47.5 Å². The lowest BCUT2D eigenvalue weighted by atomic mass is 9.76. The molecule has 55 heavy (non-hydrogen) atoms. The minimum absolute atomic E-state index is 0.126. The quantitative estimate of drug-likeness (QED) is 0.146. The molecule has 0 spiro atoms. The van der Waals surface area contributed by atoms with Gasteiger partial charge in [0.25, 0.3) is 0 Å². The van der Waals surface area contributed by atoms with Crippen molar-refractivity contribution in [1.29, 1.82) is 0 Å². The lowest BCUT2D eigenvalue weighted by Crippen LogP contribution is -2.54. The number of benzene rings is 3. The predicted molar refractivity (Wildman–Crippen MR) is 208 cm³/mol. The average molecular weight is 752 g/mol. The zero-order chi connectivity index (χ0) is 39.7. The van der Waals surface area contributed by atoms with Crippen molar-refractivity contribution in [2.45, 2.75) is 96.6 Å². The minimum atomic E-state index is -0.982. The Labute approximate surface area is 323 Å². The number of hydrogen-bond donors (Lipinski definition) is 2. The van der Waals surface area contributed by atoms with Crippen LogP contribution >= 0.6 is 0 Å². The Morgan fingerprint density at radius 3 is 2.20 bits per heavy atom. The molecule has 0 saturated heterocycles. The van der Waals surface area contributed by atoms with Gasteiger partial charge in [-0.2, -0.15) is 0 Å². The zero-order valence-electron chi connectivity index (χ0n) is 32.6. The number of allylic oxidation sites excluding steroid dienone is 2. The van der Waals surface area contributed by atoms with Crippen LogP contribution in [0, 0.1) is 11.8 Å². The van der Waals surface area contributed by atoms with Crippen molar-refractivity contribution >= 4 is 29.7 Å². The third-order valence-electron chi connectivity index (χ3n) is 10.3. The molecule has 0 aliphatic heterocycles. The van der Waals surface area contributed by atoms with Crippen LogP contribution < -0.4 is 15.4 Å². The predicted octanol–water partition coefficient (Wildman–Crippen LogP) is 6.68. The van der Waals surface area contributed by atoms with Crippen molar-refractivity contribution in [2.24, 2.45) is 11.8 Å². The first-order valence-corrected chi connectivity index (χ1v) is 19.0. The fraction of sp³-hybridized carbons (Fsp3) is 0.432. The molecule has 0 heterocycles. The number of aryl methyl sites for hydroxylation is 1. The van der Waals surface area contributed by atoms with Gasteiger partial charge in [0.2, 0.25) is 11.8 Å². The highest BCUT2D eigenvalue weighted by Crippen LogP contribution is 2.33. The fourth-order valence-corrected chi connectivity index (χ4v) is 7.02. The second-order valence-electron chi connectivity index (χ2n) is 15.4. The van der Waals surface area contributed by atoms with Crippen LogP contribution in [0.2, 0.25) is 0 Å². The van der Waals surface area contributed by atoms with Gasteiger partial charge in [0, 0.05) is 13.0 Å². The summed E-state index contributed by atoms with van der Waals surface area (Å²) >= 11 is 0. The molecule has 0 aromatic heterocycles. The summed E-state index contributed by atoms with van der Waals surface area (Å²) in [4.78, 5) is 68.1. The van der Waals surface area contributed by atoms with Crippen LogP contribution in [-0.2, 0) is 43.3 Å². The van der Waals surface area contributed by atoms with Crippen molar-refractivity contribution in [3.63, 3.8) is 0 Å². The number of methoxy groups -OCH3 is 1. The topological polar surface area (TPSA) is 140 Å². The van der Waals surface area contributed by atoms with E-state index in [4.69, 9.17) is 14.2 Å². The lowest BCUT2D eigenvalue weighted by molar-refractivity contribution is -0.137. The van der Waals surface area contributed by atoms with Gasteiger partial charge in [-0.1, -0.05) is 60.7 Å². The number of carbonyl (C=O) groups excluding carboxylic acids is 5. The van der Waals surface area contributed by atoms with E-state index in [0.29, 0.717) is 24.2 Å². The molecule has 292 valence electrons. The van der Waals surface area contributed by atoms with Gasteiger partial charge in [0.05, 0.1) is 30.7 Å². The van der Waals surface area contributed by atoms with E-state index in [9.17, 15) is 24.0 Å². The van der Waals surface area contributed by atoms with Gasteiger partial charge in [0.1, 0.15) is 24.0 Å². The number of likely N-dealkylation sites (N-methyl/N-ethyl adjacent to an activating group) is 1. The molecule has 0 fully saturated rings. The molecule has 3 aromatic carbocycles. The molecule has 5 atom stereocenters. The molecule has 11 nitrogen and oxygen atoms in total. The van der Waals surface area contributed by atoms with Crippen LogP contribution in [0.4, 0.5) is 4.79 Å². The van der Waals surface area contributed by atoms with E-state index in [0.717, 1.165) is 36.0 Å². The molecule has 3 aromatic rings. The van der Waals surface area contributed by atoms with Gasteiger partial charge in [-0.25, -0.2) is 9.59 Å². The van der Waals surface area contributed by atoms with Crippen LogP contribution in [0.25, 0.3) is 0 Å². The number of hydrogen-bond acceptors (Lipinski definition) is 8. The maximum absolute atomic E-state index is 14.6. The maximum atomic E-state index is 14.6. The molecule has 2 N–H and O–H groups in total. The van der Waals surface area contributed by atoms with Crippen molar-refractivity contribution in [3.8, 4) is 5.75 Å². The van der Waals surface area contributed by atoms with E-state index in [1.54, 1.807) is 64.1 Å². The number of Topliss-reactive ketones (excluding diaryl/α,β-unsaturated/α-hetero) is 1. The Hall–Kier alpha value is -5.45. The Balaban J connectivity index is 1.32. The Bertz CT molecular complexity index is 1860. The molecule has 5 rings (SSSR count). The Kier molecular flexibility index (Phi) is 13.5. The molecule has 2 aliphatic carbocycles. The average Bonchev–Trinajstić information content (AvgIpc) is 3.18. The molecule has 0 bridgehead atoms. The molecule has 3 unspecified atom stereocenters. The standard InChI is InChI=1S/C44H53N3O8/c1-28(47(5)43(52)55-44(2,3)4)40(49)46-38(26-29-20-24-33(25-21-29)54-27-30-18-22-32(23-19-30)42(51)53-6)39(48)35-15-9-10-16-36(35)41(50)45-37-17-11-13-31-12-7-8-14-34(31)37/h7-10,12,14,18-25,28,35-38H,11,13,15-17,26-27H2,1-6H3,(H,45,50)(H,46,49)/t28-,35?,36+,37?,38?/m0/s1. The number of ether oxygens (including phenoxy) is 3. The number of amides is 3. The van der Waals surface area contributed by atoms with Crippen molar-refractivity contribution in [1.82, 2.24) is 15.5 Å². The third-order valence-corrected chi connectivity index (χ3v) is 10.3. The number of ketones is 1.